The Labute approximate surface area is 128 Å². The summed E-state index contributed by atoms with van der Waals surface area (Å²) in [6.07, 6.45) is 5.94. The molecule has 0 atom stereocenters. The Morgan fingerprint density at radius 2 is 2.24 bits per heavy atom. The summed E-state index contributed by atoms with van der Waals surface area (Å²) in [5, 5.41) is 8.12. The van der Waals surface area contributed by atoms with Gasteiger partial charge in [0, 0.05) is 4.88 Å². The van der Waals surface area contributed by atoms with Crippen molar-refractivity contribution in [2.75, 3.05) is 0 Å². The van der Waals surface area contributed by atoms with Gasteiger partial charge in [-0.15, -0.1) is 11.3 Å². The second kappa shape index (κ2) is 5.27. The minimum absolute atomic E-state index is 0.00688. The highest BCUT2D eigenvalue weighted by Crippen LogP contribution is 2.33. The van der Waals surface area contributed by atoms with Gasteiger partial charge in [0.1, 0.15) is 17.0 Å². The van der Waals surface area contributed by atoms with Gasteiger partial charge >= 0.3 is 0 Å². The molecule has 8 heteroatoms. The highest BCUT2D eigenvalue weighted by atomic mass is 32.2. The minimum atomic E-state index is -0.00688. The first-order chi connectivity index (χ1) is 10.3. The molecular weight excluding hydrogens is 306 g/mol. The van der Waals surface area contributed by atoms with Crippen molar-refractivity contribution in [1.82, 2.24) is 25.1 Å². The van der Waals surface area contributed by atoms with Crippen molar-refractivity contribution in [3.05, 3.63) is 32.9 Å². The lowest BCUT2D eigenvalue weighted by molar-refractivity contribution is 0.700. The van der Waals surface area contributed by atoms with Gasteiger partial charge in [-0.05, 0) is 31.2 Å². The second-order valence-electron chi connectivity index (χ2n) is 4.98. The number of nitrogens with zero attached hydrogens (tertiary/aromatic N) is 3. The van der Waals surface area contributed by atoms with E-state index in [4.69, 9.17) is 0 Å². The summed E-state index contributed by atoms with van der Waals surface area (Å²) >= 11 is 3.15. The topological polar surface area (TPSA) is 87.3 Å². The Kier molecular flexibility index (Phi) is 3.27. The van der Waals surface area contributed by atoms with E-state index in [9.17, 15) is 4.79 Å². The smallest absolute Gasteiger partial charge is 0.259 e. The van der Waals surface area contributed by atoms with E-state index in [1.54, 1.807) is 11.3 Å². The van der Waals surface area contributed by atoms with Gasteiger partial charge in [-0.25, -0.2) is 9.97 Å². The average Bonchev–Trinajstić information content (AvgIpc) is 3.12. The lowest BCUT2D eigenvalue weighted by Gasteiger charge is -2.09. The van der Waals surface area contributed by atoms with Crippen molar-refractivity contribution >= 4 is 33.3 Å². The Morgan fingerprint density at radius 1 is 1.33 bits per heavy atom. The molecule has 0 bridgehead atoms. The van der Waals surface area contributed by atoms with Crippen molar-refractivity contribution < 1.29 is 0 Å². The van der Waals surface area contributed by atoms with Crippen LogP contribution in [0, 0.1) is 0 Å². The van der Waals surface area contributed by atoms with Crippen LogP contribution in [-0.4, -0.2) is 25.1 Å². The van der Waals surface area contributed by atoms with Gasteiger partial charge in [-0.1, -0.05) is 11.8 Å². The largest absolute Gasteiger partial charge is 0.309 e. The van der Waals surface area contributed by atoms with Crippen molar-refractivity contribution in [2.24, 2.45) is 0 Å². The third-order valence-corrected chi connectivity index (χ3v) is 5.69. The van der Waals surface area contributed by atoms with E-state index >= 15 is 0 Å². The first kappa shape index (κ1) is 13.0. The number of aryl methyl sites for hydroxylation is 2. The van der Waals surface area contributed by atoms with Crippen LogP contribution in [0.4, 0.5) is 0 Å². The highest BCUT2D eigenvalue weighted by molar-refractivity contribution is 7.98. The van der Waals surface area contributed by atoms with Gasteiger partial charge < -0.3 is 4.98 Å². The molecular formula is C13H13N5OS2. The van der Waals surface area contributed by atoms with Crippen molar-refractivity contribution in [2.45, 2.75) is 36.6 Å². The Hall–Kier alpha value is -1.67. The van der Waals surface area contributed by atoms with Gasteiger partial charge in [0.15, 0.2) is 5.16 Å². The summed E-state index contributed by atoms with van der Waals surface area (Å²) in [6.45, 7) is 0. The summed E-state index contributed by atoms with van der Waals surface area (Å²) in [5.74, 6) is 1.26. The van der Waals surface area contributed by atoms with E-state index in [0.717, 1.165) is 28.2 Å². The van der Waals surface area contributed by atoms with Crippen LogP contribution in [-0.2, 0) is 18.6 Å². The molecule has 0 amide bonds. The molecule has 1 aliphatic carbocycles. The third kappa shape index (κ3) is 2.38. The van der Waals surface area contributed by atoms with E-state index in [2.05, 4.69) is 25.1 Å². The molecule has 0 spiro atoms. The number of hydrogen-bond donors (Lipinski definition) is 2. The molecule has 0 saturated heterocycles. The van der Waals surface area contributed by atoms with Crippen LogP contribution in [0.3, 0.4) is 0 Å². The van der Waals surface area contributed by atoms with Gasteiger partial charge in [0.25, 0.3) is 5.56 Å². The fourth-order valence-corrected chi connectivity index (χ4v) is 4.61. The maximum atomic E-state index is 12.4. The first-order valence-corrected chi connectivity index (χ1v) is 8.63. The number of thioether (sulfide) groups is 1. The minimum Gasteiger partial charge on any atom is -0.309 e. The van der Waals surface area contributed by atoms with Crippen LogP contribution in [0.2, 0.25) is 0 Å². The Balaban J connectivity index is 1.70. The van der Waals surface area contributed by atoms with Crippen LogP contribution in [0.25, 0.3) is 10.2 Å². The molecule has 0 saturated carbocycles. The van der Waals surface area contributed by atoms with Gasteiger partial charge in [0.2, 0.25) is 0 Å². The van der Waals surface area contributed by atoms with Gasteiger partial charge in [-0.2, -0.15) is 5.10 Å². The molecule has 3 heterocycles. The van der Waals surface area contributed by atoms with Crippen LogP contribution in [0.5, 0.6) is 0 Å². The second-order valence-corrected chi connectivity index (χ2v) is 7.03. The summed E-state index contributed by atoms with van der Waals surface area (Å²) in [6, 6.07) is 0. The number of H-pyrrole nitrogens is 2. The lowest BCUT2D eigenvalue weighted by Crippen LogP contribution is -2.12. The number of aromatic nitrogens is 5. The number of thiophene rings is 1. The maximum Gasteiger partial charge on any atom is 0.259 e. The molecule has 6 nitrogen and oxygen atoms in total. The van der Waals surface area contributed by atoms with E-state index in [0.29, 0.717) is 11.6 Å². The molecule has 21 heavy (non-hydrogen) atoms. The van der Waals surface area contributed by atoms with Gasteiger partial charge in [-0.3, -0.25) is 9.89 Å². The molecule has 4 rings (SSSR count). The monoisotopic (exact) mass is 319 g/mol. The standard InChI is InChI=1S/C13H13N5OS2/c19-11-10-7-3-1-2-4-8(7)21-12(10)17-9(16-11)5-20-13-14-6-15-18-13/h6H,1-5H2,(H,14,15,18)(H,16,17,19). The van der Waals surface area contributed by atoms with E-state index in [1.165, 1.54) is 41.4 Å². The molecule has 1 aliphatic rings. The molecule has 3 aromatic heterocycles. The SMILES string of the molecule is O=c1[nH]c(CSc2ncn[nH]2)nc2sc3c(c12)CCCC3. The molecule has 0 aromatic carbocycles. The zero-order chi connectivity index (χ0) is 14.2. The van der Waals surface area contributed by atoms with Gasteiger partial charge in [0.05, 0.1) is 11.1 Å². The molecule has 108 valence electrons. The summed E-state index contributed by atoms with van der Waals surface area (Å²) in [7, 11) is 0. The molecule has 0 aliphatic heterocycles. The fourth-order valence-electron chi connectivity index (χ4n) is 2.68. The average molecular weight is 319 g/mol. The highest BCUT2D eigenvalue weighted by Gasteiger charge is 2.19. The maximum absolute atomic E-state index is 12.4. The molecule has 0 fully saturated rings. The van der Waals surface area contributed by atoms with E-state index in [1.807, 2.05) is 0 Å². The van der Waals surface area contributed by atoms with Crippen molar-refractivity contribution in [1.29, 1.82) is 0 Å². The van der Waals surface area contributed by atoms with Crippen molar-refractivity contribution in [3.8, 4) is 0 Å². The number of rotatable bonds is 3. The summed E-state index contributed by atoms with van der Waals surface area (Å²) in [5.41, 5.74) is 1.22. The number of aromatic amines is 2. The normalized spacial score (nSPS) is 14.5. The van der Waals surface area contributed by atoms with Crippen LogP contribution in [0.1, 0.15) is 29.1 Å². The molecule has 0 unspecified atom stereocenters. The fraction of sp³-hybridized carbons (Fsp3) is 0.385. The number of fused-ring (bicyclic) bond motifs is 3. The van der Waals surface area contributed by atoms with Crippen molar-refractivity contribution in [3.63, 3.8) is 0 Å². The quantitative estimate of drug-likeness (QED) is 0.723. The first-order valence-electron chi connectivity index (χ1n) is 6.83. The lowest BCUT2D eigenvalue weighted by atomic mass is 9.97. The van der Waals surface area contributed by atoms with E-state index < -0.39 is 0 Å². The van der Waals surface area contributed by atoms with Crippen LogP contribution >= 0.6 is 23.1 Å². The summed E-state index contributed by atoms with van der Waals surface area (Å²) in [4.78, 5) is 26.2. The summed E-state index contributed by atoms with van der Waals surface area (Å²) < 4.78 is 0. The van der Waals surface area contributed by atoms with Crippen LogP contribution in [0.15, 0.2) is 16.3 Å². The zero-order valence-corrected chi connectivity index (χ0v) is 12.8. The predicted molar refractivity (Wildman–Crippen MR) is 82.8 cm³/mol. The predicted octanol–water partition coefficient (Wildman–Crippen LogP) is 2.27. The third-order valence-electron chi connectivity index (χ3n) is 3.61. The molecule has 3 aromatic rings. The Morgan fingerprint density at radius 3 is 3.10 bits per heavy atom. The zero-order valence-electron chi connectivity index (χ0n) is 11.2. The molecule has 2 N–H and O–H groups in total. The number of hydrogen-bond acceptors (Lipinski definition) is 6. The molecule has 0 radical (unpaired) electrons. The number of nitrogens with one attached hydrogen (secondary N) is 2. The van der Waals surface area contributed by atoms with Crippen LogP contribution < -0.4 is 5.56 Å². The Bertz CT molecular complexity index is 836. The van der Waals surface area contributed by atoms with E-state index in [-0.39, 0.29) is 5.56 Å².